The van der Waals surface area contributed by atoms with Crippen LogP contribution in [-0.4, -0.2) is 25.0 Å². The minimum atomic E-state index is -0.128. The summed E-state index contributed by atoms with van der Waals surface area (Å²) in [6.45, 7) is 8.46. The van der Waals surface area contributed by atoms with Crippen LogP contribution in [0.15, 0.2) is 42.5 Å². The van der Waals surface area contributed by atoms with Crippen LogP contribution in [0.3, 0.4) is 0 Å². The lowest BCUT2D eigenvalue weighted by molar-refractivity contribution is -0.117. The average molecular weight is 368 g/mol. The molecule has 0 heterocycles. The number of hydrogen-bond donors (Lipinski definition) is 1. The van der Waals surface area contributed by atoms with Gasteiger partial charge in [0.2, 0.25) is 11.8 Å². The first-order valence-corrected chi connectivity index (χ1v) is 9.35. The molecule has 2 aromatic carbocycles. The van der Waals surface area contributed by atoms with Gasteiger partial charge in [-0.2, -0.15) is 0 Å². The lowest BCUT2D eigenvalue weighted by Crippen LogP contribution is -2.33. The summed E-state index contributed by atoms with van der Waals surface area (Å²) in [6, 6.07) is 13.3. The Morgan fingerprint density at radius 2 is 1.78 bits per heavy atom. The van der Waals surface area contributed by atoms with Gasteiger partial charge in [0.1, 0.15) is 5.75 Å². The number of nitrogens with zero attached hydrogens (tertiary/aromatic N) is 1. The van der Waals surface area contributed by atoms with Crippen molar-refractivity contribution < 1.29 is 14.3 Å². The van der Waals surface area contributed by atoms with Crippen molar-refractivity contribution in [3.05, 3.63) is 53.6 Å². The first-order valence-electron chi connectivity index (χ1n) is 9.35. The maximum absolute atomic E-state index is 12.3. The van der Waals surface area contributed by atoms with E-state index in [1.165, 1.54) is 6.92 Å². The topological polar surface area (TPSA) is 58.6 Å². The van der Waals surface area contributed by atoms with Crippen molar-refractivity contribution in [3.63, 3.8) is 0 Å². The summed E-state index contributed by atoms with van der Waals surface area (Å²) in [6.07, 6.45) is 1.06. The Morgan fingerprint density at radius 3 is 2.37 bits per heavy atom. The molecule has 5 nitrogen and oxygen atoms in total. The lowest BCUT2D eigenvalue weighted by Gasteiger charge is -2.25. The van der Waals surface area contributed by atoms with Gasteiger partial charge in [-0.05, 0) is 55.7 Å². The Hall–Kier alpha value is -2.82. The van der Waals surface area contributed by atoms with E-state index in [2.05, 4.69) is 12.2 Å². The van der Waals surface area contributed by atoms with Gasteiger partial charge < -0.3 is 15.0 Å². The quantitative estimate of drug-likeness (QED) is 0.754. The Balaban J connectivity index is 2.04. The number of rotatable bonds is 8. The van der Waals surface area contributed by atoms with Crippen LogP contribution >= 0.6 is 0 Å². The summed E-state index contributed by atoms with van der Waals surface area (Å²) in [5.41, 5.74) is 3.78. The first kappa shape index (κ1) is 20.5. The number of para-hydroxylation sites is 1. The first-order chi connectivity index (χ1) is 13.0. The molecule has 0 saturated carbocycles. The zero-order valence-electron chi connectivity index (χ0n) is 16.5. The number of amides is 2. The van der Waals surface area contributed by atoms with Crippen molar-refractivity contribution >= 4 is 23.2 Å². The smallest absolute Gasteiger partial charge is 0.226 e. The molecule has 0 radical (unpaired) electrons. The van der Waals surface area contributed by atoms with E-state index < -0.39 is 0 Å². The van der Waals surface area contributed by atoms with Gasteiger partial charge in [-0.15, -0.1) is 0 Å². The Morgan fingerprint density at radius 1 is 1.07 bits per heavy atom. The van der Waals surface area contributed by atoms with E-state index in [-0.39, 0.29) is 18.2 Å². The molecular weight excluding hydrogens is 340 g/mol. The monoisotopic (exact) mass is 368 g/mol. The van der Waals surface area contributed by atoms with Crippen LogP contribution in [0.2, 0.25) is 0 Å². The molecule has 1 N–H and O–H groups in total. The van der Waals surface area contributed by atoms with E-state index in [1.54, 1.807) is 4.90 Å². The number of hydrogen-bond acceptors (Lipinski definition) is 3. The Labute approximate surface area is 161 Å². The largest absolute Gasteiger partial charge is 0.494 e. The summed E-state index contributed by atoms with van der Waals surface area (Å²) >= 11 is 0. The van der Waals surface area contributed by atoms with Crippen molar-refractivity contribution in [2.45, 2.75) is 40.5 Å². The van der Waals surface area contributed by atoms with Crippen LogP contribution in [-0.2, 0) is 16.0 Å². The second-order valence-corrected chi connectivity index (χ2v) is 6.36. The van der Waals surface area contributed by atoms with Gasteiger partial charge >= 0.3 is 0 Å². The number of nitrogens with one attached hydrogen (secondary N) is 1. The summed E-state index contributed by atoms with van der Waals surface area (Å²) in [5, 5.41) is 2.87. The highest BCUT2D eigenvalue weighted by Gasteiger charge is 2.18. The molecule has 0 aliphatic carbocycles. The minimum absolute atomic E-state index is 0.0622. The molecule has 2 aromatic rings. The fourth-order valence-corrected chi connectivity index (χ4v) is 3.06. The van der Waals surface area contributed by atoms with Gasteiger partial charge in [0.05, 0.1) is 6.61 Å². The molecule has 0 unspecified atom stereocenters. The number of aryl methyl sites for hydroxylation is 2. The summed E-state index contributed by atoms with van der Waals surface area (Å²) in [4.78, 5) is 26.3. The highest BCUT2D eigenvalue weighted by Crippen LogP contribution is 2.26. The molecule has 0 aliphatic rings. The second-order valence-electron chi connectivity index (χ2n) is 6.36. The molecule has 0 fully saturated rings. The molecule has 144 valence electrons. The van der Waals surface area contributed by atoms with Crippen molar-refractivity contribution in [2.24, 2.45) is 0 Å². The molecule has 0 aliphatic heterocycles. The number of ether oxygens (including phenoxy) is 1. The average Bonchev–Trinajstić information content (AvgIpc) is 2.64. The van der Waals surface area contributed by atoms with Crippen LogP contribution in [0.5, 0.6) is 5.75 Å². The van der Waals surface area contributed by atoms with Gasteiger partial charge in [0.25, 0.3) is 0 Å². The van der Waals surface area contributed by atoms with Gasteiger partial charge in [0.15, 0.2) is 0 Å². The highest BCUT2D eigenvalue weighted by atomic mass is 16.5. The Kier molecular flexibility index (Phi) is 7.41. The zero-order valence-corrected chi connectivity index (χ0v) is 16.5. The highest BCUT2D eigenvalue weighted by molar-refractivity contribution is 5.95. The van der Waals surface area contributed by atoms with E-state index >= 15 is 0 Å². The lowest BCUT2D eigenvalue weighted by atomic mass is 10.0. The van der Waals surface area contributed by atoms with E-state index in [4.69, 9.17) is 4.74 Å². The molecule has 0 aromatic heterocycles. The third-order valence-corrected chi connectivity index (χ3v) is 4.36. The van der Waals surface area contributed by atoms with E-state index in [0.29, 0.717) is 18.8 Å². The molecule has 2 rings (SSSR count). The predicted octanol–water partition coefficient (Wildman–Crippen LogP) is 4.34. The summed E-state index contributed by atoms with van der Waals surface area (Å²) in [7, 11) is 0. The maximum Gasteiger partial charge on any atom is 0.226 e. The van der Waals surface area contributed by atoms with Gasteiger partial charge in [0, 0.05) is 31.3 Å². The van der Waals surface area contributed by atoms with E-state index in [1.807, 2.05) is 56.3 Å². The van der Waals surface area contributed by atoms with Gasteiger partial charge in [-0.25, -0.2) is 0 Å². The summed E-state index contributed by atoms with van der Waals surface area (Å²) < 4.78 is 5.40. The number of benzene rings is 2. The maximum atomic E-state index is 12.3. The van der Waals surface area contributed by atoms with Crippen LogP contribution < -0.4 is 15.0 Å². The predicted molar refractivity (Wildman–Crippen MR) is 109 cm³/mol. The number of carbonyl (C=O) groups excluding carboxylic acids is 2. The third kappa shape index (κ3) is 5.58. The van der Waals surface area contributed by atoms with E-state index in [0.717, 1.165) is 29.0 Å². The normalized spacial score (nSPS) is 10.4. The molecule has 0 saturated heterocycles. The minimum Gasteiger partial charge on any atom is -0.494 e. The fourth-order valence-electron chi connectivity index (χ4n) is 3.06. The molecule has 0 spiro atoms. The van der Waals surface area contributed by atoms with Crippen molar-refractivity contribution in [2.75, 3.05) is 23.4 Å². The van der Waals surface area contributed by atoms with Gasteiger partial charge in [-0.3, -0.25) is 9.59 Å². The molecular formula is C22H28N2O3. The second kappa shape index (κ2) is 9.76. The SMILES string of the molecule is CCOc1ccc(NC(=O)CCN(C(C)=O)c2c(C)cccc2CC)cc1. The van der Waals surface area contributed by atoms with Crippen LogP contribution in [0.4, 0.5) is 11.4 Å². The molecule has 0 atom stereocenters. The van der Waals surface area contributed by atoms with Crippen molar-refractivity contribution in [3.8, 4) is 5.75 Å². The summed E-state index contributed by atoms with van der Waals surface area (Å²) in [5.74, 6) is 0.579. The fraction of sp³-hybridized carbons (Fsp3) is 0.364. The zero-order chi connectivity index (χ0) is 19.8. The molecule has 27 heavy (non-hydrogen) atoms. The van der Waals surface area contributed by atoms with E-state index in [9.17, 15) is 9.59 Å². The van der Waals surface area contributed by atoms with Gasteiger partial charge in [-0.1, -0.05) is 25.1 Å². The molecule has 0 bridgehead atoms. The van der Waals surface area contributed by atoms with Crippen LogP contribution in [0.1, 0.15) is 38.3 Å². The van der Waals surface area contributed by atoms with Crippen LogP contribution in [0, 0.1) is 6.92 Å². The number of carbonyl (C=O) groups is 2. The third-order valence-electron chi connectivity index (χ3n) is 4.36. The molecule has 5 heteroatoms. The molecule has 2 amide bonds. The van der Waals surface area contributed by atoms with Crippen molar-refractivity contribution in [1.29, 1.82) is 0 Å². The standard InChI is InChI=1S/C22H28N2O3/c1-5-18-9-7-8-16(3)22(18)24(17(4)25)15-14-21(26)23-19-10-12-20(13-11-19)27-6-2/h7-13H,5-6,14-15H2,1-4H3,(H,23,26). The number of anilines is 2. The Bertz CT molecular complexity index is 785. The van der Waals surface area contributed by atoms with Crippen LogP contribution in [0.25, 0.3) is 0 Å². The van der Waals surface area contributed by atoms with Crippen molar-refractivity contribution in [1.82, 2.24) is 0 Å².